The van der Waals surface area contributed by atoms with E-state index in [4.69, 9.17) is 20.9 Å². The van der Waals surface area contributed by atoms with Crippen LogP contribution in [0.5, 0.6) is 0 Å². The molecule has 1 aromatic carbocycles. The zero-order valence-electron chi connectivity index (χ0n) is 10.3. The normalized spacial score (nSPS) is 10.4. The van der Waals surface area contributed by atoms with Gasteiger partial charge in [0.15, 0.2) is 0 Å². The van der Waals surface area contributed by atoms with E-state index < -0.39 is 5.97 Å². The molecule has 1 heterocycles. The minimum atomic E-state index is -0.472. The molecule has 0 spiro atoms. The molecule has 2 aromatic rings. The van der Waals surface area contributed by atoms with Gasteiger partial charge < -0.3 is 9.26 Å². The molecule has 1 aromatic heterocycles. The van der Waals surface area contributed by atoms with Crippen molar-refractivity contribution >= 4 is 17.6 Å². The van der Waals surface area contributed by atoms with E-state index >= 15 is 0 Å². The van der Waals surface area contributed by atoms with Gasteiger partial charge in [-0.1, -0.05) is 28.9 Å². The Kier molecular flexibility index (Phi) is 3.39. The summed E-state index contributed by atoms with van der Waals surface area (Å²) in [4.78, 5) is 11.7. The lowest BCUT2D eigenvalue weighted by atomic mass is 10.0. The molecule has 0 radical (unpaired) electrons. The second-order valence-corrected chi connectivity index (χ2v) is 4.33. The molecule has 0 saturated heterocycles. The number of benzene rings is 1. The van der Waals surface area contributed by atoms with E-state index in [9.17, 15) is 4.79 Å². The van der Waals surface area contributed by atoms with Crippen LogP contribution in [0.15, 0.2) is 22.7 Å². The van der Waals surface area contributed by atoms with E-state index in [0.717, 1.165) is 11.1 Å². The predicted molar refractivity (Wildman–Crippen MR) is 67.8 cm³/mol. The Balaban J connectivity index is 2.57. The first kappa shape index (κ1) is 12.6. The fraction of sp³-hybridized carbons (Fsp3) is 0.231. The van der Waals surface area contributed by atoms with E-state index in [1.807, 2.05) is 19.1 Å². The van der Waals surface area contributed by atoms with Gasteiger partial charge in [-0.15, -0.1) is 0 Å². The smallest absolute Gasteiger partial charge is 0.343 e. The van der Waals surface area contributed by atoms with Crippen molar-refractivity contribution in [1.82, 2.24) is 5.16 Å². The van der Waals surface area contributed by atoms with Crippen LogP contribution in [0, 0.1) is 13.8 Å². The first-order valence-corrected chi connectivity index (χ1v) is 5.73. The molecule has 2 rings (SSSR count). The Bertz CT molecular complexity index is 604. The SMILES string of the molecule is COC(=O)c1c(-c2ccc(C)c(Cl)c2)noc1C. The minimum absolute atomic E-state index is 0.331. The molecule has 0 saturated carbocycles. The van der Waals surface area contributed by atoms with Crippen molar-refractivity contribution in [3.8, 4) is 11.3 Å². The maximum absolute atomic E-state index is 11.7. The Labute approximate surface area is 109 Å². The molecule has 0 bridgehead atoms. The number of rotatable bonds is 2. The topological polar surface area (TPSA) is 52.3 Å². The standard InChI is InChI=1S/C13H12ClNO3/c1-7-4-5-9(6-10(7)14)12-11(13(16)17-3)8(2)18-15-12/h4-6H,1-3H3. The molecule has 4 nitrogen and oxygen atoms in total. The van der Waals surface area contributed by atoms with Crippen molar-refractivity contribution in [1.29, 1.82) is 0 Å². The zero-order chi connectivity index (χ0) is 13.3. The van der Waals surface area contributed by atoms with E-state index in [1.165, 1.54) is 7.11 Å². The van der Waals surface area contributed by atoms with E-state index in [1.54, 1.807) is 13.0 Å². The summed E-state index contributed by atoms with van der Waals surface area (Å²) in [5.41, 5.74) is 2.46. The Morgan fingerprint density at radius 1 is 1.39 bits per heavy atom. The third-order valence-corrected chi connectivity index (χ3v) is 3.10. The van der Waals surface area contributed by atoms with Crippen molar-refractivity contribution in [2.75, 3.05) is 7.11 Å². The van der Waals surface area contributed by atoms with Crippen LogP contribution < -0.4 is 0 Å². The second-order valence-electron chi connectivity index (χ2n) is 3.92. The first-order chi connectivity index (χ1) is 8.54. The molecule has 0 fully saturated rings. The van der Waals surface area contributed by atoms with Gasteiger partial charge in [0.1, 0.15) is 17.0 Å². The van der Waals surface area contributed by atoms with E-state index in [-0.39, 0.29) is 0 Å². The summed E-state index contributed by atoms with van der Waals surface area (Å²) in [6, 6.07) is 5.45. The van der Waals surface area contributed by atoms with Gasteiger partial charge in [0.2, 0.25) is 0 Å². The monoisotopic (exact) mass is 265 g/mol. The van der Waals surface area contributed by atoms with Crippen molar-refractivity contribution in [3.05, 3.63) is 40.1 Å². The van der Waals surface area contributed by atoms with Crippen LogP contribution in [0.1, 0.15) is 21.7 Å². The van der Waals surface area contributed by atoms with Crippen LogP contribution in [-0.4, -0.2) is 18.2 Å². The largest absolute Gasteiger partial charge is 0.465 e. The summed E-state index contributed by atoms with van der Waals surface area (Å²) >= 11 is 6.06. The average Bonchev–Trinajstić information content (AvgIpc) is 2.74. The van der Waals surface area contributed by atoms with Crippen LogP contribution in [-0.2, 0) is 4.74 Å². The Morgan fingerprint density at radius 2 is 2.11 bits per heavy atom. The highest BCUT2D eigenvalue weighted by molar-refractivity contribution is 6.31. The molecule has 94 valence electrons. The van der Waals surface area contributed by atoms with Gasteiger partial charge in [-0.3, -0.25) is 0 Å². The minimum Gasteiger partial charge on any atom is -0.465 e. The molecule has 0 aliphatic rings. The van der Waals surface area contributed by atoms with Gasteiger partial charge in [-0.05, 0) is 25.5 Å². The summed E-state index contributed by atoms with van der Waals surface area (Å²) in [6.07, 6.45) is 0. The van der Waals surface area contributed by atoms with Crippen LogP contribution in [0.3, 0.4) is 0 Å². The van der Waals surface area contributed by atoms with Gasteiger partial charge >= 0.3 is 5.97 Å². The van der Waals surface area contributed by atoms with Crippen molar-refractivity contribution in [3.63, 3.8) is 0 Å². The summed E-state index contributed by atoms with van der Waals surface area (Å²) in [5.74, 6) is -0.0472. The predicted octanol–water partition coefficient (Wildman–Crippen LogP) is 3.40. The number of hydrogen-bond acceptors (Lipinski definition) is 4. The summed E-state index contributed by atoms with van der Waals surface area (Å²) in [6.45, 7) is 3.57. The lowest BCUT2D eigenvalue weighted by molar-refractivity contribution is 0.0599. The third kappa shape index (κ3) is 2.11. The van der Waals surface area contributed by atoms with E-state index in [2.05, 4.69) is 5.16 Å². The highest BCUT2D eigenvalue weighted by Gasteiger charge is 2.22. The maximum atomic E-state index is 11.7. The second kappa shape index (κ2) is 4.82. The number of hydrogen-bond donors (Lipinski definition) is 0. The zero-order valence-corrected chi connectivity index (χ0v) is 11.0. The lowest BCUT2D eigenvalue weighted by Crippen LogP contribution is -2.03. The van der Waals surface area contributed by atoms with Crippen molar-refractivity contribution in [2.24, 2.45) is 0 Å². The maximum Gasteiger partial charge on any atom is 0.343 e. The molecule has 18 heavy (non-hydrogen) atoms. The van der Waals surface area contributed by atoms with Crippen LogP contribution in [0.4, 0.5) is 0 Å². The molecular weight excluding hydrogens is 254 g/mol. The number of carbonyl (C=O) groups is 1. The van der Waals surface area contributed by atoms with Crippen LogP contribution in [0.25, 0.3) is 11.3 Å². The molecule has 0 aliphatic carbocycles. The molecule has 0 aliphatic heterocycles. The molecule has 0 unspecified atom stereocenters. The summed E-state index contributed by atoms with van der Waals surface area (Å²) in [5, 5.41) is 4.51. The van der Waals surface area contributed by atoms with Gasteiger partial charge in [-0.25, -0.2) is 4.79 Å². The molecule has 5 heteroatoms. The number of esters is 1. The highest BCUT2D eigenvalue weighted by atomic mass is 35.5. The summed E-state index contributed by atoms with van der Waals surface area (Å²) in [7, 11) is 1.32. The number of ether oxygens (including phenoxy) is 1. The number of aryl methyl sites for hydroxylation is 2. The number of carbonyl (C=O) groups excluding carboxylic acids is 1. The molecule has 0 atom stereocenters. The van der Waals surface area contributed by atoms with Crippen LogP contribution >= 0.6 is 11.6 Å². The fourth-order valence-corrected chi connectivity index (χ4v) is 1.83. The Morgan fingerprint density at radius 3 is 2.72 bits per heavy atom. The van der Waals surface area contributed by atoms with E-state index in [0.29, 0.717) is 22.0 Å². The number of aromatic nitrogens is 1. The third-order valence-electron chi connectivity index (χ3n) is 2.70. The van der Waals surface area contributed by atoms with Gasteiger partial charge in [0, 0.05) is 10.6 Å². The van der Waals surface area contributed by atoms with Crippen LogP contribution in [0.2, 0.25) is 5.02 Å². The average molecular weight is 266 g/mol. The quantitative estimate of drug-likeness (QED) is 0.781. The molecule has 0 amide bonds. The number of methoxy groups -OCH3 is 1. The lowest BCUT2D eigenvalue weighted by Gasteiger charge is -2.03. The number of halogens is 1. The Hall–Kier alpha value is -1.81. The van der Waals surface area contributed by atoms with Gasteiger partial charge in [0.25, 0.3) is 0 Å². The highest BCUT2D eigenvalue weighted by Crippen LogP contribution is 2.29. The summed E-state index contributed by atoms with van der Waals surface area (Å²) < 4.78 is 9.77. The first-order valence-electron chi connectivity index (χ1n) is 5.35. The van der Waals surface area contributed by atoms with Crippen molar-refractivity contribution in [2.45, 2.75) is 13.8 Å². The van der Waals surface area contributed by atoms with Crippen molar-refractivity contribution < 1.29 is 14.1 Å². The fourth-order valence-electron chi connectivity index (χ4n) is 1.65. The van der Waals surface area contributed by atoms with Gasteiger partial charge in [0.05, 0.1) is 7.11 Å². The van der Waals surface area contributed by atoms with Gasteiger partial charge in [-0.2, -0.15) is 0 Å². The number of nitrogens with zero attached hydrogens (tertiary/aromatic N) is 1. The molecular formula is C13H12ClNO3. The molecule has 0 N–H and O–H groups in total.